The van der Waals surface area contributed by atoms with Crippen LogP contribution in [-0.2, 0) is 6.42 Å². The van der Waals surface area contributed by atoms with Crippen LogP contribution in [0.5, 0.6) is 0 Å². The summed E-state index contributed by atoms with van der Waals surface area (Å²) < 4.78 is 0.809. The van der Waals surface area contributed by atoms with E-state index in [0.29, 0.717) is 5.56 Å². The summed E-state index contributed by atoms with van der Waals surface area (Å²) in [5.74, 6) is 0. The summed E-state index contributed by atoms with van der Waals surface area (Å²) in [6, 6.07) is 3.29. The van der Waals surface area contributed by atoms with Gasteiger partial charge in [-0.25, -0.2) is 4.98 Å². The first-order chi connectivity index (χ1) is 9.18. The van der Waals surface area contributed by atoms with Crippen molar-refractivity contribution in [3.05, 3.63) is 32.8 Å². The normalized spacial score (nSPS) is 13.7. The summed E-state index contributed by atoms with van der Waals surface area (Å²) >= 11 is 1.44. The van der Waals surface area contributed by atoms with Gasteiger partial charge in [-0.15, -0.1) is 11.3 Å². The van der Waals surface area contributed by atoms with Crippen LogP contribution in [0.15, 0.2) is 12.1 Å². The minimum Gasteiger partial charge on any atom is -0.392 e. The first kappa shape index (κ1) is 14.9. The molecule has 0 aliphatic rings. The van der Waals surface area contributed by atoms with Crippen LogP contribution in [0.3, 0.4) is 0 Å². The smallest absolute Gasteiger partial charge is 0.274 e. The second-order valence-corrected chi connectivity index (χ2v) is 7.26. The lowest BCUT2D eigenvalue weighted by Gasteiger charge is -2.25. The maximum Gasteiger partial charge on any atom is 0.274 e. The van der Waals surface area contributed by atoms with E-state index < -0.39 is 6.10 Å². The van der Waals surface area contributed by atoms with Gasteiger partial charge in [0.15, 0.2) is 0 Å². The first-order valence-electron chi connectivity index (χ1n) is 6.41. The van der Waals surface area contributed by atoms with Gasteiger partial charge in [0.2, 0.25) is 0 Å². The molecule has 0 saturated heterocycles. The highest BCUT2D eigenvalue weighted by Gasteiger charge is 2.26. The van der Waals surface area contributed by atoms with Crippen LogP contribution in [0.4, 0.5) is 5.69 Å². The molecule has 0 saturated carbocycles. The third-order valence-corrected chi connectivity index (χ3v) is 4.24. The average Bonchev–Trinajstić information content (AvgIpc) is 2.65. The van der Waals surface area contributed by atoms with Crippen molar-refractivity contribution in [2.24, 2.45) is 5.41 Å². The number of aliphatic hydroxyl groups is 1. The fourth-order valence-corrected chi connectivity index (χ4v) is 2.81. The van der Waals surface area contributed by atoms with Gasteiger partial charge in [0, 0.05) is 18.1 Å². The molecule has 1 aromatic heterocycles. The number of hydrogen-bond acceptors (Lipinski definition) is 5. The van der Waals surface area contributed by atoms with Gasteiger partial charge in [-0.05, 0) is 18.4 Å². The minimum absolute atomic E-state index is 0.0597. The molecule has 6 heteroatoms. The molecule has 0 spiro atoms. The van der Waals surface area contributed by atoms with Gasteiger partial charge in [0.05, 0.1) is 26.3 Å². The summed E-state index contributed by atoms with van der Waals surface area (Å²) in [5, 5.41) is 22.3. The zero-order valence-electron chi connectivity index (χ0n) is 12.0. The second-order valence-electron chi connectivity index (χ2n) is 6.02. The molecule has 1 aromatic carbocycles. The Morgan fingerprint density at radius 2 is 2.10 bits per heavy atom. The van der Waals surface area contributed by atoms with Gasteiger partial charge >= 0.3 is 0 Å². The summed E-state index contributed by atoms with van der Waals surface area (Å²) in [4.78, 5) is 15.2. The van der Waals surface area contributed by atoms with Crippen molar-refractivity contribution in [1.82, 2.24) is 4.98 Å². The van der Waals surface area contributed by atoms with Gasteiger partial charge in [-0.3, -0.25) is 10.1 Å². The Hall–Kier alpha value is -1.53. The summed E-state index contributed by atoms with van der Waals surface area (Å²) in [7, 11) is 0. The molecule has 20 heavy (non-hydrogen) atoms. The van der Waals surface area contributed by atoms with Gasteiger partial charge in [-0.2, -0.15) is 0 Å². The van der Waals surface area contributed by atoms with Crippen LogP contribution >= 0.6 is 11.3 Å². The van der Waals surface area contributed by atoms with Gasteiger partial charge < -0.3 is 5.11 Å². The van der Waals surface area contributed by atoms with Crippen LogP contribution in [0.25, 0.3) is 10.2 Å². The van der Waals surface area contributed by atoms with E-state index in [9.17, 15) is 15.2 Å². The molecular weight excluding hydrogens is 276 g/mol. The second kappa shape index (κ2) is 5.10. The molecule has 1 heterocycles. The fourth-order valence-electron chi connectivity index (χ4n) is 1.97. The molecule has 0 aliphatic carbocycles. The summed E-state index contributed by atoms with van der Waals surface area (Å²) in [6.45, 7) is 7.61. The number of aliphatic hydroxyl groups excluding tert-OH is 1. The number of nitrogens with zero attached hydrogens (tertiary/aromatic N) is 2. The number of rotatable bonds is 3. The van der Waals surface area contributed by atoms with E-state index in [1.54, 1.807) is 12.1 Å². The third kappa shape index (κ3) is 2.96. The fraction of sp³-hybridized carbons (Fsp3) is 0.500. The quantitative estimate of drug-likeness (QED) is 0.694. The van der Waals surface area contributed by atoms with E-state index in [-0.39, 0.29) is 22.4 Å². The predicted octanol–water partition coefficient (Wildman–Crippen LogP) is 3.46. The molecule has 1 N–H and O–H groups in total. The Balaban J connectivity index is 2.49. The topological polar surface area (TPSA) is 76.3 Å². The molecule has 1 unspecified atom stereocenters. The summed E-state index contributed by atoms with van der Waals surface area (Å²) in [5.41, 5.74) is 1.04. The number of fused-ring (bicyclic) bond motifs is 1. The molecule has 0 fully saturated rings. The Morgan fingerprint density at radius 3 is 2.65 bits per heavy atom. The maximum atomic E-state index is 11.2. The van der Waals surface area contributed by atoms with Crippen molar-refractivity contribution in [3.63, 3.8) is 0 Å². The lowest BCUT2D eigenvalue weighted by atomic mass is 9.85. The Morgan fingerprint density at radius 1 is 1.45 bits per heavy atom. The number of aromatic nitrogens is 1. The molecule has 5 nitrogen and oxygen atoms in total. The maximum absolute atomic E-state index is 11.2. The molecule has 0 radical (unpaired) electrons. The Bertz CT molecular complexity index is 658. The summed E-state index contributed by atoms with van der Waals surface area (Å²) in [6.07, 6.45) is -0.384. The zero-order chi connectivity index (χ0) is 15.1. The Kier molecular flexibility index (Phi) is 3.80. The number of benzene rings is 1. The molecule has 0 aliphatic heterocycles. The highest BCUT2D eigenvalue weighted by Crippen LogP contribution is 2.32. The minimum atomic E-state index is -0.640. The average molecular weight is 294 g/mol. The molecule has 2 aromatic rings. The number of nitro groups is 1. The molecular formula is C14H18N2O3S. The molecule has 0 bridgehead atoms. The lowest BCUT2D eigenvalue weighted by Crippen LogP contribution is -2.28. The van der Waals surface area contributed by atoms with Crippen LogP contribution in [-0.4, -0.2) is 21.1 Å². The van der Waals surface area contributed by atoms with Crippen molar-refractivity contribution in [2.45, 2.75) is 40.2 Å². The molecule has 108 valence electrons. The third-order valence-electron chi connectivity index (χ3n) is 3.31. The van der Waals surface area contributed by atoms with Crippen LogP contribution in [0.2, 0.25) is 0 Å². The van der Waals surface area contributed by atoms with Gasteiger partial charge in [0.1, 0.15) is 0 Å². The number of thiazole rings is 1. The van der Waals surface area contributed by atoms with E-state index in [1.807, 2.05) is 27.7 Å². The van der Waals surface area contributed by atoms with Crippen LogP contribution in [0, 0.1) is 22.5 Å². The number of aryl methyl sites for hydroxylation is 1. The molecule has 2 rings (SSSR count). The highest BCUT2D eigenvalue weighted by atomic mass is 32.1. The van der Waals surface area contributed by atoms with E-state index in [1.165, 1.54) is 11.3 Å². The van der Waals surface area contributed by atoms with Crippen molar-refractivity contribution < 1.29 is 10.0 Å². The number of hydrogen-bond donors (Lipinski definition) is 1. The lowest BCUT2D eigenvalue weighted by molar-refractivity contribution is -0.385. The zero-order valence-corrected chi connectivity index (χ0v) is 12.8. The standard InChI is InChI=1S/C14H18N2O3S/c1-8-15-10-5-9(6-13(17)14(2,3)4)11(16(18)19)7-12(10)20-8/h5,7,13,17H,6H2,1-4H3. The highest BCUT2D eigenvalue weighted by molar-refractivity contribution is 7.18. The number of nitro benzene ring substituents is 1. The first-order valence-corrected chi connectivity index (χ1v) is 7.22. The monoisotopic (exact) mass is 294 g/mol. The van der Waals surface area contributed by atoms with Crippen molar-refractivity contribution in [1.29, 1.82) is 0 Å². The molecule has 0 amide bonds. The van der Waals surface area contributed by atoms with Crippen LogP contribution in [0.1, 0.15) is 31.3 Å². The van der Waals surface area contributed by atoms with Crippen LogP contribution < -0.4 is 0 Å². The van der Waals surface area contributed by atoms with E-state index in [2.05, 4.69) is 4.98 Å². The van der Waals surface area contributed by atoms with Gasteiger partial charge in [-0.1, -0.05) is 20.8 Å². The SMILES string of the molecule is Cc1nc2cc(CC(O)C(C)(C)C)c([N+](=O)[O-])cc2s1. The van der Waals surface area contributed by atoms with Gasteiger partial charge in [0.25, 0.3) is 5.69 Å². The van der Waals surface area contributed by atoms with Crippen molar-refractivity contribution in [2.75, 3.05) is 0 Å². The van der Waals surface area contributed by atoms with Crippen molar-refractivity contribution >= 4 is 27.2 Å². The Labute approximate surface area is 121 Å². The largest absolute Gasteiger partial charge is 0.392 e. The van der Waals surface area contributed by atoms with E-state index >= 15 is 0 Å². The van der Waals surface area contributed by atoms with Crippen molar-refractivity contribution in [3.8, 4) is 0 Å². The van der Waals surface area contributed by atoms with E-state index in [0.717, 1.165) is 15.2 Å². The predicted molar refractivity (Wildman–Crippen MR) is 80.2 cm³/mol. The molecule has 1 atom stereocenters. The van der Waals surface area contributed by atoms with E-state index in [4.69, 9.17) is 0 Å².